The van der Waals surface area contributed by atoms with Crippen LogP contribution in [-0.4, -0.2) is 37.0 Å². The Morgan fingerprint density at radius 2 is 1.69 bits per heavy atom. The van der Waals surface area contributed by atoms with E-state index >= 15 is 0 Å². The van der Waals surface area contributed by atoms with E-state index in [1.807, 2.05) is 0 Å². The molecule has 140 valence electrons. The molecule has 1 fully saturated rings. The molecule has 0 radical (unpaired) electrons. The van der Waals surface area contributed by atoms with Crippen molar-refractivity contribution in [2.24, 2.45) is 0 Å². The zero-order valence-corrected chi connectivity index (χ0v) is 16.2. The molecule has 0 unspecified atom stereocenters. The molecule has 1 aliphatic heterocycles. The number of pyridine rings is 1. The highest BCUT2D eigenvalue weighted by atomic mass is 35.5. The molecule has 1 aliphatic rings. The standard InChI is InChI=1S/C17H18Cl2N2O4S/c18-14-4-3-5-15(19)17(14)25-11-10-20-12-13(6-7-16(20)22)26(23,24)21-8-1-2-9-21/h3-7,12H,1-2,8-11H2. The molecule has 6 nitrogen and oxygen atoms in total. The molecular weight excluding hydrogens is 399 g/mol. The van der Waals surface area contributed by atoms with E-state index in [1.165, 1.54) is 27.2 Å². The van der Waals surface area contributed by atoms with Crippen molar-refractivity contribution in [3.63, 3.8) is 0 Å². The van der Waals surface area contributed by atoms with Crippen LogP contribution in [0.15, 0.2) is 46.2 Å². The third-order valence-electron chi connectivity index (χ3n) is 4.16. The van der Waals surface area contributed by atoms with Gasteiger partial charge in [-0.05, 0) is 31.0 Å². The Balaban J connectivity index is 1.75. The Morgan fingerprint density at radius 3 is 2.35 bits per heavy atom. The molecule has 0 amide bonds. The van der Waals surface area contributed by atoms with Crippen molar-refractivity contribution >= 4 is 33.2 Å². The Hall–Kier alpha value is -1.54. The summed E-state index contributed by atoms with van der Waals surface area (Å²) in [6, 6.07) is 7.61. The van der Waals surface area contributed by atoms with Gasteiger partial charge in [0.15, 0.2) is 5.75 Å². The fraction of sp³-hybridized carbons (Fsp3) is 0.353. The van der Waals surface area contributed by atoms with Crippen molar-refractivity contribution in [3.8, 4) is 5.75 Å². The van der Waals surface area contributed by atoms with Crippen LogP contribution in [0.1, 0.15) is 12.8 Å². The van der Waals surface area contributed by atoms with Gasteiger partial charge in [-0.25, -0.2) is 8.42 Å². The second-order valence-electron chi connectivity index (χ2n) is 5.91. The van der Waals surface area contributed by atoms with Gasteiger partial charge in [0.05, 0.1) is 21.5 Å². The van der Waals surface area contributed by atoms with E-state index in [1.54, 1.807) is 18.2 Å². The summed E-state index contributed by atoms with van der Waals surface area (Å²) in [4.78, 5) is 12.1. The van der Waals surface area contributed by atoms with Crippen molar-refractivity contribution in [1.29, 1.82) is 0 Å². The summed E-state index contributed by atoms with van der Waals surface area (Å²) in [6.45, 7) is 1.31. The molecule has 26 heavy (non-hydrogen) atoms. The van der Waals surface area contributed by atoms with E-state index in [9.17, 15) is 13.2 Å². The van der Waals surface area contributed by atoms with Crippen LogP contribution >= 0.6 is 23.2 Å². The number of sulfonamides is 1. The first-order valence-electron chi connectivity index (χ1n) is 8.17. The minimum Gasteiger partial charge on any atom is -0.489 e. The lowest BCUT2D eigenvalue weighted by molar-refractivity contribution is 0.296. The van der Waals surface area contributed by atoms with Crippen molar-refractivity contribution in [2.75, 3.05) is 19.7 Å². The fourth-order valence-electron chi connectivity index (χ4n) is 2.78. The van der Waals surface area contributed by atoms with Crippen molar-refractivity contribution in [3.05, 3.63) is 56.9 Å². The number of halogens is 2. The van der Waals surface area contributed by atoms with Gasteiger partial charge in [-0.2, -0.15) is 4.31 Å². The van der Waals surface area contributed by atoms with Crippen LogP contribution in [0, 0.1) is 0 Å². The largest absolute Gasteiger partial charge is 0.489 e. The average Bonchev–Trinajstić information content (AvgIpc) is 3.14. The summed E-state index contributed by atoms with van der Waals surface area (Å²) in [7, 11) is -3.58. The number of rotatable bonds is 6. The molecule has 0 saturated carbocycles. The first-order valence-corrected chi connectivity index (χ1v) is 10.4. The molecule has 1 aromatic carbocycles. The smallest absolute Gasteiger partial charge is 0.250 e. The Kier molecular flexibility index (Phi) is 5.92. The van der Waals surface area contributed by atoms with Gasteiger partial charge in [0.2, 0.25) is 10.0 Å². The first-order chi connectivity index (χ1) is 12.4. The van der Waals surface area contributed by atoms with Crippen LogP contribution in [0.25, 0.3) is 0 Å². The molecule has 2 heterocycles. The zero-order valence-electron chi connectivity index (χ0n) is 13.9. The van der Waals surface area contributed by atoms with Gasteiger partial charge in [0.25, 0.3) is 5.56 Å². The Labute approximate surface area is 162 Å². The summed E-state index contributed by atoms with van der Waals surface area (Å²) in [6.07, 6.45) is 3.06. The highest BCUT2D eigenvalue weighted by molar-refractivity contribution is 7.89. The van der Waals surface area contributed by atoms with Gasteiger partial charge < -0.3 is 9.30 Å². The number of hydrogen-bond acceptors (Lipinski definition) is 4. The molecule has 0 atom stereocenters. The third kappa shape index (κ3) is 4.06. The maximum absolute atomic E-state index is 12.6. The molecule has 2 aromatic rings. The Morgan fingerprint density at radius 1 is 1.04 bits per heavy atom. The molecule has 1 saturated heterocycles. The molecule has 0 bridgehead atoms. The van der Waals surface area contributed by atoms with Crippen molar-refractivity contribution in [1.82, 2.24) is 8.87 Å². The van der Waals surface area contributed by atoms with Crippen LogP contribution < -0.4 is 10.3 Å². The summed E-state index contributed by atoms with van der Waals surface area (Å²) < 4.78 is 33.6. The van der Waals surface area contributed by atoms with Gasteiger partial charge in [0, 0.05) is 25.4 Å². The highest BCUT2D eigenvalue weighted by Crippen LogP contribution is 2.32. The molecule has 0 aliphatic carbocycles. The number of benzene rings is 1. The van der Waals surface area contributed by atoms with E-state index in [4.69, 9.17) is 27.9 Å². The quantitative estimate of drug-likeness (QED) is 0.725. The van der Waals surface area contributed by atoms with Crippen molar-refractivity contribution in [2.45, 2.75) is 24.3 Å². The van der Waals surface area contributed by atoms with Gasteiger partial charge in [-0.1, -0.05) is 29.3 Å². The van der Waals surface area contributed by atoms with Crippen LogP contribution in [0.5, 0.6) is 5.75 Å². The minimum atomic E-state index is -3.58. The summed E-state index contributed by atoms with van der Waals surface area (Å²) >= 11 is 12.1. The lowest BCUT2D eigenvalue weighted by Gasteiger charge is -2.16. The lowest BCUT2D eigenvalue weighted by atomic mass is 10.3. The van der Waals surface area contributed by atoms with Gasteiger partial charge >= 0.3 is 0 Å². The first kappa shape index (κ1) is 19.2. The van der Waals surface area contributed by atoms with E-state index in [0.29, 0.717) is 28.9 Å². The fourth-order valence-corrected chi connectivity index (χ4v) is 4.82. The normalized spacial score (nSPS) is 15.3. The number of nitrogens with zero attached hydrogens (tertiary/aromatic N) is 2. The lowest BCUT2D eigenvalue weighted by Crippen LogP contribution is -2.30. The second-order valence-corrected chi connectivity index (χ2v) is 8.66. The van der Waals surface area contributed by atoms with Crippen LogP contribution in [0.2, 0.25) is 10.0 Å². The highest BCUT2D eigenvalue weighted by Gasteiger charge is 2.27. The third-order valence-corrected chi connectivity index (χ3v) is 6.63. The van der Waals surface area contributed by atoms with E-state index in [0.717, 1.165) is 12.8 Å². The maximum Gasteiger partial charge on any atom is 0.250 e. The van der Waals surface area contributed by atoms with Gasteiger partial charge in [-0.3, -0.25) is 4.79 Å². The molecule has 1 aromatic heterocycles. The van der Waals surface area contributed by atoms with Crippen LogP contribution in [0.3, 0.4) is 0 Å². The van der Waals surface area contributed by atoms with E-state index in [-0.39, 0.29) is 23.6 Å². The summed E-state index contributed by atoms with van der Waals surface area (Å²) in [5, 5.41) is 0.741. The second kappa shape index (κ2) is 8.00. The zero-order chi connectivity index (χ0) is 18.7. The SMILES string of the molecule is O=c1ccc(S(=O)(=O)N2CCCC2)cn1CCOc1c(Cl)cccc1Cl. The van der Waals surface area contributed by atoms with Crippen molar-refractivity contribution < 1.29 is 13.2 Å². The Bertz CT molecular complexity index is 933. The van der Waals surface area contributed by atoms with Gasteiger partial charge in [-0.15, -0.1) is 0 Å². The minimum absolute atomic E-state index is 0.106. The average molecular weight is 417 g/mol. The molecule has 9 heteroatoms. The number of aromatic nitrogens is 1. The number of para-hydroxylation sites is 1. The van der Waals surface area contributed by atoms with Crippen LogP contribution in [0.4, 0.5) is 0 Å². The number of hydrogen-bond donors (Lipinski definition) is 0. The van der Waals surface area contributed by atoms with Gasteiger partial charge in [0.1, 0.15) is 6.61 Å². The maximum atomic E-state index is 12.6. The topological polar surface area (TPSA) is 68.6 Å². The van der Waals surface area contributed by atoms with E-state index in [2.05, 4.69) is 0 Å². The molecule has 0 spiro atoms. The van der Waals surface area contributed by atoms with Crippen LogP contribution in [-0.2, 0) is 16.6 Å². The monoisotopic (exact) mass is 416 g/mol. The summed E-state index contributed by atoms with van der Waals surface area (Å²) in [5.41, 5.74) is -0.306. The van der Waals surface area contributed by atoms with E-state index < -0.39 is 10.0 Å². The molecular formula is C17H18Cl2N2O4S. The molecule has 0 N–H and O–H groups in total. The molecule has 3 rings (SSSR count). The predicted molar refractivity (Wildman–Crippen MR) is 101 cm³/mol. The number of ether oxygens (including phenoxy) is 1. The summed E-state index contributed by atoms with van der Waals surface area (Å²) in [5.74, 6) is 0.338. The predicted octanol–water partition coefficient (Wildman–Crippen LogP) is 3.02.